The molecule has 0 unspecified atom stereocenters. The molecule has 1 heterocycles. The minimum absolute atomic E-state index is 0.310. The Bertz CT molecular complexity index is 306. The lowest BCUT2D eigenvalue weighted by atomic mass is 10.2. The van der Waals surface area contributed by atoms with Gasteiger partial charge in [0.2, 0.25) is 0 Å². The van der Waals surface area contributed by atoms with Crippen LogP contribution < -0.4 is 11.6 Å². The molecule has 14 heavy (non-hydrogen) atoms. The fourth-order valence-corrected chi connectivity index (χ4v) is 1.70. The number of aromatic nitrogens is 2. The zero-order valence-corrected chi connectivity index (χ0v) is 9.77. The molecule has 0 radical (unpaired) electrons. The maximum absolute atomic E-state index is 5.85. The van der Waals surface area contributed by atoms with Crippen LogP contribution in [0.5, 0.6) is 0 Å². The minimum atomic E-state index is 0.310. The fourth-order valence-electron chi connectivity index (χ4n) is 1.30. The lowest BCUT2D eigenvalue weighted by Crippen LogP contribution is -2.16. The van der Waals surface area contributed by atoms with Gasteiger partial charge in [-0.25, -0.2) is 9.66 Å². The number of nitrogens with zero attached hydrogens (tertiary/aromatic N) is 2. The molecular weight excluding hydrogens is 196 g/mol. The summed E-state index contributed by atoms with van der Waals surface area (Å²) in [4.78, 5) is 4.45. The molecule has 0 bridgehead atoms. The van der Waals surface area contributed by atoms with Gasteiger partial charge in [0.25, 0.3) is 0 Å². The van der Waals surface area contributed by atoms with Gasteiger partial charge in [-0.2, -0.15) is 11.8 Å². The smallest absolute Gasteiger partial charge is 0.146 e. The van der Waals surface area contributed by atoms with Crippen LogP contribution in [0.1, 0.15) is 31.3 Å². The molecular formula is C9H18N4S. The highest BCUT2D eigenvalue weighted by Crippen LogP contribution is 2.19. The Balaban J connectivity index is 2.91. The van der Waals surface area contributed by atoms with Crippen molar-refractivity contribution in [3.8, 4) is 0 Å². The molecule has 0 fully saturated rings. The number of nitrogen functional groups attached to an aromatic ring is 2. The van der Waals surface area contributed by atoms with Crippen molar-refractivity contribution in [2.75, 3.05) is 23.6 Å². The summed E-state index contributed by atoms with van der Waals surface area (Å²) >= 11 is 1.78. The Hall–Kier alpha value is -0.840. The van der Waals surface area contributed by atoms with E-state index in [1.54, 1.807) is 11.8 Å². The summed E-state index contributed by atoms with van der Waals surface area (Å²) in [7, 11) is 0. The van der Waals surface area contributed by atoms with Crippen LogP contribution >= 0.6 is 11.8 Å². The van der Waals surface area contributed by atoms with E-state index >= 15 is 0 Å². The summed E-state index contributed by atoms with van der Waals surface area (Å²) in [6, 6.07) is 0. The van der Waals surface area contributed by atoms with Crippen LogP contribution in [0, 0.1) is 0 Å². The Morgan fingerprint density at radius 1 is 1.50 bits per heavy atom. The average molecular weight is 214 g/mol. The molecule has 1 rings (SSSR count). The molecule has 0 aliphatic rings. The second-order valence-corrected chi connectivity index (χ2v) is 4.56. The van der Waals surface area contributed by atoms with Gasteiger partial charge in [0.15, 0.2) is 0 Å². The van der Waals surface area contributed by atoms with E-state index in [2.05, 4.69) is 25.1 Å². The second-order valence-electron chi connectivity index (χ2n) is 3.57. The molecule has 5 heteroatoms. The summed E-state index contributed by atoms with van der Waals surface area (Å²) in [5.41, 5.74) is 6.77. The number of aryl methyl sites for hydroxylation is 1. The molecule has 4 N–H and O–H groups in total. The summed E-state index contributed by atoms with van der Waals surface area (Å²) in [5, 5.41) is 0. The van der Waals surface area contributed by atoms with Crippen molar-refractivity contribution in [3.05, 3.63) is 11.5 Å². The minimum Gasteiger partial charge on any atom is -0.382 e. The molecule has 0 saturated heterocycles. The topological polar surface area (TPSA) is 69.9 Å². The van der Waals surface area contributed by atoms with Crippen molar-refractivity contribution in [1.29, 1.82) is 0 Å². The molecule has 1 aromatic heterocycles. The number of hydrogen-bond acceptors (Lipinski definition) is 4. The van der Waals surface area contributed by atoms with Crippen LogP contribution in [-0.2, 0) is 6.42 Å². The van der Waals surface area contributed by atoms with E-state index in [0.717, 1.165) is 23.7 Å². The van der Waals surface area contributed by atoms with Gasteiger partial charge in [-0.05, 0) is 12.0 Å². The van der Waals surface area contributed by atoms with Crippen molar-refractivity contribution in [3.63, 3.8) is 0 Å². The van der Waals surface area contributed by atoms with Crippen molar-refractivity contribution in [1.82, 2.24) is 9.66 Å². The van der Waals surface area contributed by atoms with Gasteiger partial charge in [0, 0.05) is 12.3 Å². The van der Waals surface area contributed by atoms with Crippen molar-refractivity contribution >= 4 is 17.6 Å². The summed E-state index contributed by atoms with van der Waals surface area (Å²) in [6.07, 6.45) is 2.95. The van der Waals surface area contributed by atoms with Crippen LogP contribution in [0.2, 0.25) is 0 Å². The maximum Gasteiger partial charge on any atom is 0.146 e. The number of imidazole rings is 1. The molecule has 0 amide bonds. The highest BCUT2D eigenvalue weighted by Gasteiger charge is 2.14. The summed E-state index contributed by atoms with van der Waals surface area (Å²) in [6.45, 7) is 4.12. The Morgan fingerprint density at radius 3 is 2.57 bits per heavy atom. The van der Waals surface area contributed by atoms with E-state index in [0.29, 0.717) is 11.7 Å². The molecule has 0 aromatic carbocycles. The Morgan fingerprint density at radius 2 is 2.14 bits per heavy atom. The Labute approximate surface area is 89.0 Å². The van der Waals surface area contributed by atoms with E-state index in [-0.39, 0.29) is 0 Å². The molecule has 4 nitrogen and oxygen atoms in total. The molecule has 1 aromatic rings. The first-order chi connectivity index (χ1) is 6.57. The first-order valence-electron chi connectivity index (χ1n) is 4.69. The fraction of sp³-hybridized carbons (Fsp3) is 0.667. The predicted molar refractivity (Wildman–Crippen MR) is 63.0 cm³/mol. The van der Waals surface area contributed by atoms with Gasteiger partial charge in [-0.1, -0.05) is 13.8 Å². The number of hydrogen-bond donors (Lipinski definition) is 2. The van der Waals surface area contributed by atoms with Crippen molar-refractivity contribution < 1.29 is 0 Å². The van der Waals surface area contributed by atoms with Crippen LogP contribution in [0.15, 0.2) is 0 Å². The normalized spacial score (nSPS) is 11.1. The highest BCUT2D eigenvalue weighted by atomic mass is 32.2. The van der Waals surface area contributed by atoms with Gasteiger partial charge in [0.1, 0.15) is 11.6 Å². The lowest BCUT2D eigenvalue weighted by Gasteiger charge is -2.04. The van der Waals surface area contributed by atoms with E-state index in [1.165, 1.54) is 4.68 Å². The predicted octanol–water partition coefficient (Wildman–Crippen LogP) is 1.21. The Kier molecular flexibility index (Phi) is 3.69. The monoisotopic (exact) mass is 214 g/mol. The largest absolute Gasteiger partial charge is 0.382 e. The zero-order chi connectivity index (χ0) is 10.7. The van der Waals surface area contributed by atoms with E-state index in [4.69, 9.17) is 11.6 Å². The number of thioether (sulfide) groups is 1. The summed E-state index contributed by atoms with van der Waals surface area (Å²) < 4.78 is 1.50. The van der Waals surface area contributed by atoms with Crippen LogP contribution in [0.25, 0.3) is 0 Å². The van der Waals surface area contributed by atoms with E-state index < -0.39 is 0 Å². The zero-order valence-electron chi connectivity index (χ0n) is 8.95. The molecule has 0 saturated carbocycles. The number of anilines is 1. The third-order valence-electron chi connectivity index (χ3n) is 2.11. The van der Waals surface area contributed by atoms with Gasteiger partial charge in [0.05, 0.1) is 5.69 Å². The van der Waals surface area contributed by atoms with Crippen LogP contribution in [0.3, 0.4) is 0 Å². The highest BCUT2D eigenvalue weighted by molar-refractivity contribution is 7.98. The summed E-state index contributed by atoms with van der Waals surface area (Å²) in [5.74, 6) is 8.60. The average Bonchev–Trinajstić information content (AvgIpc) is 2.42. The SMILES string of the molecule is CSCCc1nc(C(C)C)n(N)c1N. The maximum atomic E-state index is 5.85. The third-order valence-corrected chi connectivity index (χ3v) is 2.72. The lowest BCUT2D eigenvalue weighted by molar-refractivity contribution is 0.737. The first kappa shape index (κ1) is 11.2. The molecule has 0 aliphatic heterocycles. The number of nitrogens with two attached hydrogens (primary N) is 2. The first-order valence-corrected chi connectivity index (χ1v) is 6.08. The van der Waals surface area contributed by atoms with Gasteiger partial charge >= 0.3 is 0 Å². The molecule has 0 atom stereocenters. The van der Waals surface area contributed by atoms with Gasteiger partial charge in [-0.15, -0.1) is 0 Å². The van der Waals surface area contributed by atoms with Gasteiger partial charge in [-0.3, -0.25) is 0 Å². The molecule has 0 spiro atoms. The quantitative estimate of drug-likeness (QED) is 0.739. The standard InChI is InChI=1S/C9H18N4S/c1-6(2)9-12-7(4-5-14-3)8(10)13(9)11/h6H,4-5,10-11H2,1-3H3. The molecule has 80 valence electrons. The third kappa shape index (κ3) is 2.15. The van der Waals surface area contributed by atoms with Crippen molar-refractivity contribution in [2.45, 2.75) is 26.2 Å². The van der Waals surface area contributed by atoms with Crippen molar-refractivity contribution in [2.24, 2.45) is 0 Å². The van der Waals surface area contributed by atoms with Gasteiger partial charge < -0.3 is 11.6 Å². The van der Waals surface area contributed by atoms with Crippen LogP contribution in [-0.4, -0.2) is 21.7 Å². The molecule has 0 aliphatic carbocycles. The number of rotatable bonds is 4. The van der Waals surface area contributed by atoms with E-state index in [1.807, 2.05) is 0 Å². The second kappa shape index (κ2) is 4.59. The van der Waals surface area contributed by atoms with E-state index in [9.17, 15) is 0 Å². The van der Waals surface area contributed by atoms with Crippen LogP contribution in [0.4, 0.5) is 5.82 Å².